The predicted octanol–water partition coefficient (Wildman–Crippen LogP) is -8.88. The molecule has 5 rings (SSSR count). The molecule has 3 saturated heterocycles. The molecule has 0 radical (unpaired) electrons. The molecule has 0 unspecified atom stereocenters. The second kappa shape index (κ2) is 18.3. The molecule has 0 aromatic heterocycles. The fourth-order valence-electron chi connectivity index (χ4n) is 7.57. The second-order valence-corrected chi connectivity index (χ2v) is 14.9. The number of hydrogen-bond acceptors (Lipinski definition) is 21. The van der Waals surface area contributed by atoms with Crippen LogP contribution in [0.2, 0.25) is 0 Å². The summed E-state index contributed by atoms with van der Waals surface area (Å²) in [6.45, 7) is 0.448. The maximum atomic E-state index is 13.1. The molecule has 21 N–H and O–H groups in total. The van der Waals surface area contributed by atoms with Crippen LogP contribution in [0.3, 0.4) is 0 Å². The highest BCUT2D eigenvalue weighted by Crippen LogP contribution is 2.36. The van der Waals surface area contributed by atoms with E-state index < -0.39 is 128 Å². The summed E-state index contributed by atoms with van der Waals surface area (Å²) < 4.78 is 35.9. The van der Waals surface area contributed by atoms with Crippen molar-refractivity contribution < 1.29 is 69.0 Å². The van der Waals surface area contributed by atoms with E-state index in [1.165, 1.54) is 0 Å². The van der Waals surface area contributed by atoms with Crippen molar-refractivity contribution in [2.45, 2.75) is 154 Å². The minimum absolute atomic E-state index is 0.0206. The molecule has 53 heavy (non-hydrogen) atoms. The SMILES string of the molecule is NCCCNC[C@H]1O[C@H](O[C@H]2[C@H](O[C@@H]3O[C@H](CO)[C@@H](O[C@H]4O[C@@H](CN)[C@@H](O)[C@H](O)[C@H]4N)[C@H]3O)[C@@H](O)[C@H](NC(=O)C3(O)CC(N)C3)C[C@@H]2N)[C@H](N)C[C@@H]1O. The van der Waals surface area contributed by atoms with Crippen LogP contribution in [0.4, 0.5) is 0 Å². The predicted molar refractivity (Wildman–Crippen MR) is 181 cm³/mol. The van der Waals surface area contributed by atoms with E-state index in [9.17, 15) is 40.5 Å². The highest BCUT2D eigenvalue weighted by Gasteiger charge is 2.55. The van der Waals surface area contributed by atoms with Crippen LogP contribution in [0.15, 0.2) is 0 Å². The van der Waals surface area contributed by atoms with Crippen molar-refractivity contribution in [3.8, 4) is 0 Å². The van der Waals surface area contributed by atoms with E-state index in [0.29, 0.717) is 19.5 Å². The molecule has 22 nitrogen and oxygen atoms in total. The molecule has 3 aliphatic heterocycles. The van der Waals surface area contributed by atoms with Crippen LogP contribution >= 0.6 is 0 Å². The zero-order valence-electron chi connectivity index (χ0n) is 29.5. The minimum atomic E-state index is -1.73. The van der Waals surface area contributed by atoms with Gasteiger partial charge in [0.25, 0.3) is 5.91 Å². The molecular formula is C31H60N8O14. The molecule has 2 aliphatic carbocycles. The number of carbonyl (C=O) groups is 1. The fourth-order valence-corrected chi connectivity index (χ4v) is 7.57. The Morgan fingerprint density at radius 3 is 2.04 bits per heavy atom. The number of carbonyl (C=O) groups excluding carboxylic acids is 1. The van der Waals surface area contributed by atoms with Gasteiger partial charge in [0, 0.05) is 38.0 Å². The zero-order chi connectivity index (χ0) is 38.8. The fraction of sp³-hybridized carbons (Fsp3) is 0.968. The van der Waals surface area contributed by atoms with Crippen molar-refractivity contribution in [2.75, 3.05) is 32.8 Å². The van der Waals surface area contributed by atoms with Crippen molar-refractivity contribution in [2.24, 2.45) is 34.4 Å². The van der Waals surface area contributed by atoms with Crippen LogP contribution in [-0.4, -0.2) is 196 Å². The van der Waals surface area contributed by atoms with Crippen LogP contribution in [-0.2, 0) is 33.2 Å². The lowest BCUT2D eigenvalue weighted by Gasteiger charge is -2.48. The topological polar surface area (TPSA) is 394 Å². The smallest absolute Gasteiger partial charge is 0.252 e. The van der Waals surface area contributed by atoms with Crippen molar-refractivity contribution in [1.82, 2.24) is 10.6 Å². The number of nitrogens with two attached hydrogens (primary N) is 6. The minimum Gasteiger partial charge on any atom is -0.394 e. The number of aliphatic hydroxyl groups is 7. The van der Waals surface area contributed by atoms with Crippen molar-refractivity contribution in [3.05, 3.63) is 0 Å². The van der Waals surface area contributed by atoms with Crippen LogP contribution in [0, 0.1) is 0 Å². The van der Waals surface area contributed by atoms with Crippen molar-refractivity contribution in [1.29, 1.82) is 0 Å². The number of nitrogens with one attached hydrogen (secondary N) is 2. The Morgan fingerprint density at radius 1 is 0.755 bits per heavy atom. The molecule has 308 valence electrons. The third-order valence-electron chi connectivity index (χ3n) is 10.8. The first-order valence-electron chi connectivity index (χ1n) is 18.2. The van der Waals surface area contributed by atoms with Gasteiger partial charge in [0.1, 0.15) is 60.5 Å². The van der Waals surface area contributed by atoms with Crippen LogP contribution < -0.4 is 45.0 Å². The molecule has 0 aromatic rings. The van der Waals surface area contributed by atoms with Gasteiger partial charge in [-0.3, -0.25) is 4.79 Å². The van der Waals surface area contributed by atoms with E-state index in [-0.39, 0.29) is 44.8 Å². The van der Waals surface area contributed by atoms with Gasteiger partial charge in [-0.05, 0) is 32.4 Å². The maximum Gasteiger partial charge on any atom is 0.252 e. The number of aliphatic hydroxyl groups excluding tert-OH is 6. The lowest BCUT2D eigenvalue weighted by Crippen LogP contribution is -2.69. The Labute approximate surface area is 306 Å². The van der Waals surface area contributed by atoms with Gasteiger partial charge in [-0.15, -0.1) is 0 Å². The van der Waals surface area contributed by atoms with E-state index in [0.717, 1.165) is 0 Å². The summed E-state index contributed by atoms with van der Waals surface area (Å²) in [5, 5.41) is 81.2. The van der Waals surface area contributed by atoms with Crippen LogP contribution in [0.5, 0.6) is 0 Å². The highest BCUT2D eigenvalue weighted by atomic mass is 16.8. The molecule has 2 saturated carbocycles. The first-order valence-corrected chi connectivity index (χ1v) is 18.2. The van der Waals surface area contributed by atoms with Gasteiger partial charge < -0.3 is 109 Å². The number of ether oxygens (including phenoxy) is 6. The molecule has 18 atom stereocenters. The first kappa shape index (κ1) is 42.8. The highest BCUT2D eigenvalue weighted by molar-refractivity contribution is 5.86. The van der Waals surface area contributed by atoms with Crippen molar-refractivity contribution in [3.63, 3.8) is 0 Å². The number of rotatable bonds is 15. The Kier molecular flexibility index (Phi) is 14.8. The molecule has 5 fully saturated rings. The van der Waals surface area contributed by atoms with Gasteiger partial charge in [0.2, 0.25) is 0 Å². The molecular weight excluding hydrogens is 708 g/mol. The van der Waals surface area contributed by atoms with E-state index in [1.54, 1.807) is 0 Å². The summed E-state index contributed by atoms with van der Waals surface area (Å²) in [6, 6.07) is -4.53. The molecule has 5 aliphatic rings. The van der Waals surface area contributed by atoms with Gasteiger partial charge in [0.05, 0.1) is 36.9 Å². The van der Waals surface area contributed by atoms with E-state index in [1.807, 2.05) is 0 Å². The second-order valence-electron chi connectivity index (χ2n) is 14.9. The monoisotopic (exact) mass is 768 g/mol. The maximum absolute atomic E-state index is 13.1. The Balaban J connectivity index is 1.34. The molecule has 3 heterocycles. The third-order valence-corrected chi connectivity index (χ3v) is 10.8. The molecule has 0 spiro atoms. The van der Waals surface area contributed by atoms with Crippen LogP contribution in [0.1, 0.15) is 32.1 Å². The largest absolute Gasteiger partial charge is 0.394 e. The summed E-state index contributed by atoms with van der Waals surface area (Å²) in [4.78, 5) is 13.1. The molecule has 1 amide bonds. The van der Waals surface area contributed by atoms with Gasteiger partial charge in [-0.25, -0.2) is 0 Å². The van der Waals surface area contributed by atoms with Gasteiger partial charge >= 0.3 is 0 Å². The molecule has 0 bridgehead atoms. The average molecular weight is 769 g/mol. The quantitative estimate of drug-likeness (QED) is 0.0688. The number of hydrogen-bond donors (Lipinski definition) is 15. The zero-order valence-corrected chi connectivity index (χ0v) is 29.5. The van der Waals surface area contributed by atoms with E-state index in [2.05, 4.69) is 10.6 Å². The Bertz CT molecular complexity index is 1180. The van der Waals surface area contributed by atoms with E-state index >= 15 is 0 Å². The van der Waals surface area contributed by atoms with Crippen molar-refractivity contribution >= 4 is 5.91 Å². The summed E-state index contributed by atoms with van der Waals surface area (Å²) >= 11 is 0. The van der Waals surface area contributed by atoms with Gasteiger partial charge in [-0.2, -0.15) is 0 Å². The molecule has 0 aromatic carbocycles. The average Bonchev–Trinajstić information content (AvgIpc) is 3.40. The summed E-state index contributed by atoms with van der Waals surface area (Å²) in [7, 11) is 0. The normalized spacial score (nSPS) is 49.0. The Morgan fingerprint density at radius 2 is 1.40 bits per heavy atom. The Hall–Kier alpha value is -1.33. The lowest BCUT2D eigenvalue weighted by molar-refractivity contribution is -0.296. The first-order chi connectivity index (χ1) is 25.1. The standard InChI is InChI=1S/C31H60N8O14/c32-2-1-3-38-9-17-15(41)5-13(36)27(49-17)51-24-12(35)4-14(39-30(46)31(47)6-11(34)7-31)20(42)26(24)53-29-23(45)25(18(10-40)50-29)52-28-19(37)22(44)21(43)16(8-33)48-28/h11-29,38,40-45,47H,1-10,32-37H2,(H,39,46)/t11?,12-,13+,14+,15-,16-,17+,18+,19+,20-,21+,22+,23+,24+,25+,26+,27+,28+,29-,31?/m0/s1. The summed E-state index contributed by atoms with van der Waals surface area (Å²) in [5.74, 6) is -0.761. The lowest BCUT2D eigenvalue weighted by atomic mass is 9.75. The van der Waals surface area contributed by atoms with Crippen LogP contribution in [0.25, 0.3) is 0 Å². The van der Waals surface area contributed by atoms with Gasteiger partial charge in [-0.1, -0.05) is 0 Å². The van der Waals surface area contributed by atoms with E-state index in [4.69, 9.17) is 62.8 Å². The van der Waals surface area contributed by atoms with Gasteiger partial charge in [0.15, 0.2) is 18.9 Å². The summed E-state index contributed by atoms with van der Waals surface area (Å²) in [5.41, 5.74) is 34.3. The summed E-state index contributed by atoms with van der Waals surface area (Å²) in [6.07, 6.45) is -17.5. The number of amides is 1. The third kappa shape index (κ3) is 9.45. The molecule has 22 heteroatoms.